The van der Waals surface area contributed by atoms with Gasteiger partial charge in [0.05, 0.1) is 4.47 Å². The maximum absolute atomic E-state index is 13.6. The molecule has 1 aromatic heterocycles. The van der Waals surface area contributed by atoms with Crippen molar-refractivity contribution >= 4 is 27.4 Å². The molecule has 124 valence electrons. The quantitative estimate of drug-likeness (QED) is 0.702. The standard InChI is InChI=1S/C13H7BrF6N2O/c14-7-2-4-10(13(18,19)20)22-11(7)21-6-1-3-9(8(15)5-6)23-12(16)17/h1-5,12H,(H,21,22). The Morgan fingerprint density at radius 3 is 2.39 bits per heavy atom. The van der Waals surface area contributed by atoms with Crippen LogP contribution in [0.25, 0.3) is 0 Å². The molecule has 0 unspecified atom stereocenters. The fourth-order valence-electron chi connectivity index (χ4n) is 1.59. The van der Waals surface area contributed by atoms with Gasteiger partial charge < -0.3 is 10.1 Å². The van der Waals surface area contributed by atoms with Crippen molar-refractivity contribution in [2.75, 3.05) is 5.32 Å². The molecule has 0 spiro atoms. The van der Waals surface area contributed by atoms with Crippen LogP contribution >= 0.6 is 15.9 Å². The molecule has 0 saturated heterocycles. The molecule has 0 amide bonds. The van der Waals surface area contributed by atoms with E-state index in [1.165, 1.54) is 0 Å². The maximum atomic E-state index is 13.6. The minimum absolute atomic E-state index is 0.0108. The van der Waals surface area contributed by atoms with Gasteiger partial charge in [-0.05, 0) is 40.2 Å². The number of ether oxygens (including phenoxy) is 1. The van der Waals surface area contributed by atoms with Gasteiger partial charge in [0.2, 0.25) is 0 Å². The molecule has 2 aromatic rings. The molecule has 10 heteroatoms. The van der Waals surface area contributed by atoms with E-state index in [-0.39, 0.29) is 16.0 Å². The summed E-state index contributed by atoms with van der Waals surface area (Å²) in [6.45, 7) is -3.19. The molecule has 0 saturated carbocycles. The summed E-state index contributed by atoms with van der Waals surface area (Å²) < 4.78 is 79.6. The maximum Gasteiger partial charge on any atom is 0.433 e. The van der Waals surface area contributed by atoms with E-state index < -0.39 is 30.0 Å². The van der Waals surface area contributed by atoms with Crippen LogP contribution < -0.4 is 10.1 Å². The fraction of sp³-hybridized carbons (Fsp3) is 0.154. The predicted octanol–water partition coefficient (Wildman–Crippen LogP) is 5.35. The van der Waals surface area contributed by atoms with Crippen molar-refractivity contribution < 1.29 is 31.1 Å². The van der Waals surface area contributed by atoms with Crippen LogP contribution in [0.1, 0.15) is 5.69 Å². The lowest BCUT2D eigenvalue weighted by Gasteiger charge is -2.12. The second-order valence-electron chi connectivity index (χ2n) is 4.17. The highest BCUT2D eigenvalue weighted by atomic mass is 79.9. The number of alkyl halides is 5. The Bertz CT molecular complexity index is 707. The van der Waals surface area contributed by atoms with Crippen LogP contribution in [-0.2, 0) is 6.18 Å². The first-order valence-electron chi connectivity index (χ1n) is 5.92. The van der Waals surface area contributed by atoms with Gasteiger partial charge in [0.15, 0.2) is 11.6 Å². The van der Waals surface area contributed by atoms with E-state index >= 15 is 0 Å². The molecule has 23 heavy (non-hydrogen) atoms. The van der Waals surface area contributed by atoms with Crippen molar-refractivity contribution in [2.24, 2.45) is 0 Å². The first-order chi connectivity index (χ1) is 10.7. The van der Waals surface area contributed by atoms with E-state index in [9.17, 15) is 26.3 Å². The minimum atomic E-state index is -4.64. The Hall–Kier alpha value is -1.97. The number of hydrogen-bond acceptors (Lipinski definition) is 3. The molecule has 0 radical (unpaired) electrons. The highest BCUT2D eigenvalue weighted by Gasteiger charge is 2.33. The third-order valence-corrected chi connectivity index (χ3v) is 3.19. The molecular weight excluding hydrogens is 394 g/mol. The van der Waals surface area contributed by atoms with Crippen molar-refractivity contribution in [3.8, 4) is 5.75 Å². The van der Waals surface area contributed by atoms with E-state index in [0.29, 0.717) is 0 Å². The number of nitrogens with zero attached hydrogens (tertiary/aromatic N) is 1. The van der Waals surface area contributed by atoms with Gasteiger partial charge in [0.1, 0.15) is 11.5 Å². The molecule has 2 rings (SSSR count). The Labute approximate surface area is 134 Å². The van der Waals surface area contributed by atoms with Crippen molar-refractivity contribution in [3.05, 3.63) is 46.3 Å². The van der Waals surface area contributed by atoms with Crippen molar-refractivity contribution in [3.63, 3.8) is 0 Å². The molecule has 1 heterocycles. The number of rotatable bonds is 4. The molecule has 0 aliphatic carbocycles. The van der Waals surface area contributed by atoms with E-state index in [1.807, 2.05) is 0 Å². The van der Waals surface area contributed by atoms with E-state index in [2.05, 4.69) is 31.0 Å². The van der Waals surface area contributed by atoms with Crippen molar-refractivity contribution in [1.29, 1.82) is 0 Å². The van der Waals surface area contributed by atoms with E-state index in [4.69, 9.17) is 0 Å². The van der Waals surface area contributed by atoms with Gasteiger partial charge in [-0.3, -0.25) is 0 Å². The highest BCUT2D eigenvalue weighted by molar-refractivity contribution is 9.10. The Morgan fingerprint density at radius 1 is 1.13 bits per heavy atom. The number of halogens is 7. The van der Waals surface area contributed by atoms with Gasteiger partial charge >= 0.3 is 12.8 Å². The van der Waals surface area contributed by atoms with Gasteiger partial charge in [0, 0.05) is 11.8 Å². The fourth-order valence-corrected chi connectivity index (χ4v) is 1.91. The van der Waals surface area contributed by atoms with Crippen molar-refractivity contribution in [2.45, 2.75) is 12.8 Å². The third kappa shape index (κ3) is 4.50. The van der Waals surface area contributed by atoms with Crippen LogP contribution in [0.3, 0.4) is 0 Å². The molecule has 0 aliphatic rings. The third-order valence-electron chi connectivity index (χ3n) is 2.55. The van der Waals surface area contributed by atoms with Gasteiger partial charge in [-0.1, -0.05) is 0 Å². The van der Waals surface area contributed by atoms with Crippen LogP contribution in [0.5, 0.6) is 5.75 Å². The average molecular weight is 401 g/mol. The zero-order valence-electron chi connectivity index (χ0n) is 11.0. The van der Waals surface area contributed by atoms with Gasteiger partial charge in [-0.15, -0.1) is 0 Å². The van der Waals surface area contributed by atoms with Crippen molar-refractivity contribution in [1.82, 2.24) is 4.98 Å². The normalized spacial score (nSPS) is 11.7. The molecule has 0 aliphatic heterocycles. The Kier molecular flexibility index (Phi) is 5.03. The Balaban J connectivity index is 2.27. The first kappa shape index (κ1) is 17.4. The summed E-state index contributed by atoms with van der Waals surface area (Å²) >= 11 is 3.01. The number of hydrogen-bond donors (Lipinski definition) is 1. The lowest BCUT2D eigenvalue weighted by atomic mass is 10.2. The van der Waals surface area contributed by atoms with Crippen LogP contribution in [0, 0.1) is 5.82 Å². The Morgan fingerprint density at radius 2 is 1.83 bits per heavy atom. The predicted molar refractivity (Wildman–Crippen MR) is 73.3 cm³/mol. The molecule has 3 nitrogen and oxygen atoms in total. The first-order valence-corrected chi connectivity index (χ1v) is 6.71. The van der Waals surface area contributed by atoms with Crippen LogP contribution in [0.15, 0.2) is 34.8 Å². The summed E-state index contributed by atoms with van der Waals surface area (Å²) in [7, 11) is 0. The molecule has 1 N–H and O–H groups in total. The zero-order valence-corrected chi connectivity index (χ0v) is 12.6. The molecule has 1 aromatic carbocycles. The summed E-state index contributed by atoms with van der Waals surface area (Å²) in [5.41, 5.74) is -1.13. The summed E-state index contributed by atoms with van der Waals surface area (Å²) in [4.78, 5) is 3.38. The minimum Gasteiger partial charge on any atom is -0.432 e. The second-order valence-corrected chi connectivity index (χ2v) is 5.03. The zero-order chi connectivity index (χ0) is 17.2. The SMILES string of the molecule is Fc1cc(Nc2nc(C(F)(F)F)ccc2Br)ccc1OC(F)F. The summed E-state index contributed by atoms with van der Waals surface area (Å²) in [5.74, 6) is -1.98. The molecule has 0 fully saturated rings. The lowest BCUT2D eigenvalue weighted by Crippen LogP contribution is -2.09. The van der Waals surface area contributed by atoms with Gasteiger partial charge in [-0.25, -0.2) is 9.37 Å². The van der Waals surface area contributed by atoms with Gasteiger partial charge in [-0.2, -0.15) is 22.0 Å². The van der Waals surface area contributed by atoms with Gasteiger partial charge in [0.25, 0.3) is 0 Å². The average Bonchev–Trinajstić information content (AvgIpc) is 2.42. The summed E-state index contributed by atoms with van der Waals surface area (Å²) in [5, 5.41) is 2.47. The van der Waals surface area contributed by atoms with E-state index in [0.717, 1.165) is 30.3 Å². The highest BCUT2D eigenvalue weighted by Crippen LogP contribution is 2.33. The van der Waals surface area contributed by atoms with Crippen LogP contribution in [-0.4, -0.2) is 11.6 Å². The topological polar surface area (TPSA) is 34.2 Å². The number of nitrogens with one attached hydrogen (secondary N) is 1. The molecule has 0 atom stereocenters. The largest absolute Gasteiger partial charge is 0.433 e. The van der Waals surface area contributed by atoms with Crippen LogP contribution in [0.2, 0.25) is 0 Å². The number of benzene rings is 1. The second kappa shape index (κ2) is 6.65. The summed E-state index contributed by atoms with van der Waals surface area (Å²) in [6, 6.07) is 4.78. The molecule has 0 bridgehead atoms. The smallest absolute Gasteiger partial charge is 0.432 e. The number of pyridine rings is 1. The lowest BCUT2D eigenvalue weighted by molar-refractivity contribution is -0.141. The van der Waals surface area contributed by atoms with Crippen LogP contribution in [0.4, 0.5) is 37.8 Å². The molecular formula is C13H7BrF6N2O. The number of aromatic nitrogens is 1. The van der Waals surface area contributed by atoms with E-state index in [1.54, 1.807) is 0 Å². The number of anilines is 2. The summed E-state index contributed by atoms with van der Waals surface area (Å²) in [6.07, 6.45) is -4.64. The monoisotopic (exact) mass is 400 g/mol.